The molecular weight excluding hydrogens is 322 g/mol. The third kappa shape index (κ3) is 2.92. The number of aryl methyl sites for hydroxylation is 2. The number of carbonyl (C=O) groups excluding carboxylic acids is 2. The molecule has 2 aromatic rings. The molecule has 0 aromatic carbocycles. The molecule has 2 aliphatic rings. The Morgan fingerprint density at radius 1 is 1.04 bits per heavy atom. The van der Waals surface area contributed by atoms with Gasteiger partial charge >= 0.3 is 0 Å². The lowest BCUT2D eigenvalue weighted by molar-refractivity contribution is 0.0529. The fraction of sp³-hybridized carbons (Fsp3) is 0.529. The number of piperazine rings is 1. The summed E-state index contributed by atoms with van der Waals surface area (Å²) < 4.78 is 6.91. The largest absolute Gasteiger partial charge is 0.361 e. The Kier molecular flexibility index (Phi) is 4.03. The summed E-state index contributed by atoms with van der Waals surface area (Å²) in [6, 6.07) is 1.64. The van der Waals surface area contributed by atoms with Crippen LogP contribution in [0.1, 0.15) is 45.1 Å². The summed E-state index contributed by atoms with van der Waals surface area (Å²) >= 11 is 0. The van der Waals surface area contributed by atoms with Crippen LogP contribution < -0.4 is 0 Å². The van der Waals surface area contributed by atoms with Gasteiger partial charge in [-0.25, -0.2) is 0 Å². The molecule has 2 amide bonds. The van der Waals surface area contributed by atoms with E-state index in [0.29, 0.717) is 43.2 Å². The second kappa shape index (κ2) is 6.34. The SMILES string of the molecule is Cc1cc(C(=O)N2CCN(C(=O)c3cnn4c3CCCC4)CC2)no1. The zero-order chi connectivity index (χ0) is 17.4. The van der Waals surface area contributed by atoms with Crippen molar-refractivity contribution >= 4 is 11.8 Å². The Balaban J connectivity index is 1.41. The lowest BCUT2D eigenvalue weighted by Crippen LogP contribution is -2.50. The molecule has 4 rings (SSSR count). The molecule has 0 spiro atoms. The van der Waals surface area contributed by atoms with Crippen LogP contribution in [0.15, 0.2) is 16.8 Å². The van der Waals surface area contributed by atoms with Gasteiger partial charge in [0.1, 0.15) is 5.76 Å². The molecule has 4 heterocycles. The summed E-state index contributed by atoms with van der Waals surface area (Å²) in [4.78, 5) is 28.7. The van der Waals surface area contributed by atoms with Crippen LogP contribution >= 0.6 is 0 Å². The first-order chi connectivity index (χ1) is 12.1. The highest BCUT2D eigenvalue weighted by atomic mass is 16.5. The Bertz CT molecular complexity index is 801. The maximum Gasteiger partial charge on any atom is 0.276 e. The molecule has 132 valence electrons. The number of fused-ring (bicyclic) bond motifs is 1. The van der Waals surface area contributed by atoms with Gasteiger partial charge < -0.3 is 14.3 Å². The number of rotatable bonds is 2. The van der Waals surface area contributed by atoms with E-state index in [1.165, 1.54) is 0 Å². The average Bonchev–Trinajstić information content (AvgIpc) is 3.27. The maximum absolute atomic E-state index is 12.8. The van der Waals surface area contributed by atoms with Gasteiger partial charge in [-0.1, -0.05) is 5.16 Å². The smallest absolute Gasteiger partial charge is 0.276 e. The molecule has 25 heavy (non-hydrogen) atoms. The van der Waals surface area contributed by atoms with Gasteiger partial charge in [0.2, 0.25) is 0 Å². The lowest BCUT2D eigenvalue weighted by atomic mass is 10.1. The molecule has 8 nitrogen and oxygen atoms in total. The van der Waals surface area contributed by atoms with Gasteiger partial charge in [-0.2, -0.15) is 5.10 Å². The first-order valence-corrected chi connectivity index (χ1v) is 8.70. The van der Waals surface area contributed by atoms with Crippen molar-refractivity contribution in [3.8, 4) is 0 Å². The topological polar surface area (TPSA) is 84.5 Å². The van der Waals surface area contributed by atoms with Crippen molar-refractivity contribution in [2.45, 2.75) is 32.7 Å². The third-order valence-corrected chi connectivity index (χ3v) is 4.91. The molecule has 2 aromatic heterocycles. The van der Waals surface area contributed by atoms with E-state index >= 15 is 0 Å². The molecule has 0 bridgehead atoms. The van der Waals surface area contributed by atoms with Gasteiger partial charge in [0.15, 0.2) is 5.69 Å². The number of aromatic nitrogens is 3. The van der Waals surface area contributed by atoms with Crippen LogP contribution in [0, 0.1) is 6.92 Å². The Labute approximate surface area is 145 Å². The molecule has 0 N–H and O–H groups in total. The molecular formula is C17H21N5O3. The quantitative estimate of drug-likeness (QED) is 0.816. The van der Waals surface area contributed by atoms with Crippen LogP contribution in [0.3, 0.4) is 0 Å². The van der Waals surface area contributed by atoms with Gasteiger partial charge in [0, 0.05) is 38.8 Å². The van der Waals surface area contributed by atoms with E-state index in [-0.39, 0.29) is 11.8 Å². The fourth-order valence-electron chi connectivity index (χ4n) is 3.51. The predicted molar refractivity (Wildman–Crippen MR) is 88.2 cm³/mol. The van der Waals surface area contributed by atoms with Gasteiger partial charge in [0.05, 0.1) is 17.5 Å². The first-order valence-electron chi connectivity index (χ1n) is 8.70. The average molecular weight is 343 g/mol. The standard InChI is InChI=1S/C17H21N5O3/c1-12-10-14(19-25-12)17(24)21-8-6-20(7-9-21)16(23)13-11-18-22-5-3-2-4-15(13)22/h10-11H,2-9H2,1H3. The van der Waals surface area contributed by atoms with Crippen molar-refractivity contribution in [3.63, 3.8) is 0 Å². The van der Waals surface area contributed by atoms with E-state index in [2.05, 4.69) is 10.3 Å². The summed E-state index contributed by atoms with van der Waals surface area (Å²) in [5.41, 5.74) is 2.09. The van der Waals surface area contributed by atoms with Crippen LogP contribution in [0.25, 0.3) is 0 Å². The van der Waals surface area contributed by atoms with E-state index in [1.807, 2.05) is 9.58 Å². The van der Waals surface area contributed by atoms with Gasteiger partial charge in [0.25, 0.3) is 11.8 Å². The zero-order valence-electron chi connectivity index (χ0n) is 14.3. The van der Waals surface area contributed by atoms with Crippen LogP contribution in [-0.2, 0) is 13.0 Å². The summed E-state index contributed by atoms with van der Waals surface area (Å²) in [5, 5.41) is 8.12. The summed E-state index contributed by atoms with van der Waals surface area (Å²) in [5.74, 6) is 0.488. The second-order valence-electron chi connectivity index (χ2n) is 6.59. The number of hydrogen-bond acceptors (Lipinski definition) is 5. The highest BCUT2D eigenvalue weighted by Crippen LogP contribution is 2.20. The number of carbonyl (C=O) groups is 2. The highest BCUT2D eigenvalue weighted by Gasteiger charge is 2.29. The predicted octanol–water partition coefficient (Wildman–Crippen LogP) is 1.11. The van der Waals surface area contributed by atoms with Gasteiger partial charge in [-0.05, 0) is 26.2 Å². The number of hydrogen-bond donors (Lipinski definition) is 0. The van der Waals surface area contributed by atoms with E-state index in [0.717, 1.165) is 31.5 Å². The minimum atomic E-state index is -0.146. The van der Waals surface area contributed by atoms with Crippen molar-refractivity contribution in [2.24, 2.45) is 0 Å². The van der Waals surface area contributed by atoms with Crippen LogP contribution in [0.4, 0.5) is 0 Å². The summed E-state index contributed by atoms with van der Waals surface area (Å²) in [6.45, 7) is 4.69. The molecule has 0 aliphatic carbocycles. The molecule has 8 heteroatoms. The fourth-order valence-corrected chi connectivity index (χ4v) is 3.51. The molecule has 0 atom stereocenters. The molecule has 1 fully saturated rings. The second-order valence-corrected chi connectivity index (χ2v) is 6.59. The maximum atomic E-state index is 12.8. The zero-order valence-corrected chi connectivity index (χ0v) is 14.3. The molecule has 0 saturated carbocycles. The molecule has 2 aliphatic heterocycles. The Morgan fingerprint density at radius 3 is 2.44 bits per heavy atom. The summed E-state index contributed by atoms with van der Waals surface area (Å²) in [7, 11) is 0. The van der Waals surface area contributed by atoms with Crippen LogP contribution in [0.5, 0.6) is 0 Å². The van der Waals surface area contributed by atoms with E-state index in [9.17, 15) is 9.59 Å². The minimum Gasteiger partial charge on any atom is -0.361 e. The van der Waals surface area contributed by atoms with Crippen LogP contribution in [-0.4, -0.2) is 62.7 Å². The normalized spacial score (nSPS) is 17.5. The Morgan fingerprint density at radius 2 is 1.76 bits per heavy atom. The van der Waals surface area contributed by atoms with Crippen molar-refractivity contribution < 1.29 is 14.1 Å². The minimum absolute atomic E-state index is 0.0209. The van der Waals surface area contributed by atoms with Crippen LogP contribution in [0.2, 0.25) is 0 Å². The third-order valence-electron chi connectivity index (χ3n) is 4.91. The Hall–Kier alpha value is -2.64. The van der Waals surface area contributed by atoms with Crippen molar-refractivity contribution in [1.29, 1.82) is 0 Å². The monoisotopic (exact) mass is 343 g/mol. The van der Waals surface area contributed by atoms with Gasteiger partial charge in [-0.3, -0.25) is 14.3 Å². The number of amides is 2. The van der Waals surface area contributed by atoms with Crippen molar-refractivity contribution in [2.75, 3.05) is 26.2 Å². The first kappa shape index (κ1) is 15.9. The van der Waals surface area contributed by atoms with E-state index in [1.54, 1.807) is 24.1 Å². The van der Waals surface area contributed by atoms with Gasteiger partial charge in [-0.15, -0.1) is 0 Å². The molecule has 0 unspecified atom stereocenters. The highest BCUT2D eigenvalue weighted by molar-refractivity contribution is 5.96. The van der Waals surface area contributed by atoms with Crippen molar-refractivity contribution in [1.82, 2.24) is 24.7 Å². The van der Waals surface area contributed by atoms with E-state index < -0.39 is 0 Å². The number of nitrogens with zero attached hydrogens (tertiary/aromatic N) is 5. The summed E-state index contributed by atoms with van der Waals surface area (Å²) in [6.07, 6.45) is 4.82. The lowest BCUT2D eigenvalue weighted by Gasteiger charge is -2.34. The van der Waals surface area contributed by atoms with Crippen molar-refractivity contribution in [3.05, 3.63) is 35.0 Å². The molecule has 0 radical (unpaired) electrons. The van der Waals surface area contributed by atoms with E-state index in [4.69, 9.17) is 4.52 Å². The molecule has 1 saturated heterocycles.